The molecule has 0 radical (unpaired) electrons. The van der Waals surface area contributed by atoms with Gasteiger partial charge >= 0.3 is 0 Å². The van der Waals surface area contributed by atoms with E-state index in [1.807, 2.05) is 13.8 Å². The van der Waals surface area contributed by atoms with Crippen LogP contribution in [0.15, 0.2) is 11.8 Å². The van der Waals surface area contributed by atoms with E-state index in [1.165, 1.54) is 18.5 Å². The van der Waals surface area contributed by atoms with Gasteiger partial charge < -0.3 is 10.2 Å². The zero-order valence-corrected chi connectivity index (χ0v) is 13.9. The minimum absolute atomic E-state index is 0.00833. The van der Waals surface area contributed by atoms with Crippen molar-refractivity contribution in [1.82, 2.24) is 10.2 Å². The van der Waals surface area contributed by atoms with Crippen LogP contribution in [0.5, 0.6) is 0 Å². The molecule has 3 rings (SSSR count). The molecule has 1 N–H and O–H groups in total. The van der Waals surface area contributed by atoms with Crippen LogP contribution in [0.2, 0.25) is 0 Å². The van der Waals surface area contributed by atoms with Crippen molar-refractivity contribution >= 4 is 11.8 Å². The monoisotopic (exact) mass is 304 g/mol. The largest absolute Gasteiger partial charge is 0.355 e. The molecule has 4 nitrogen and oxygen atoms in total. The smallest absolute Gasteiger partial charge is 0.226 e. The average Bonchev–Trinajstić information content (AvgIpc) is 3.32. The van der Waals surface area contributed by atoms with Crippen LogP contribution in [-0.2, 0) is 9.59 Å². The number of allylic oxidation sites excluding steroid dienone is 1. The van der Waals surface area contributed by atoms with Crippen LogP contribution in [0.4, 0.5) is 0 Å². The summed E-state index contributed by atoms with van der Waals surface area (Å²) in [6, 6.07) is 0. The molecule has 0 unspecified atom stereocenters. The standard InChI is InChI=1S/C18H28N2O2/c1-13(2)17(22)19-12-18-9-4-3-5-15(18)20(11-14-6-7-14)16(21)8-10-18/h5,13-14H,3-4,6-12H2,1-2H3,(H,19,22)/t18-/m0/s1. The molecule has 2 amide bonds. The number of amides is 2. The molecule has 0 spiro atoms. The zero-order chi connectivity index (χ0) is 15.7. The quantitative estimate of drug-likeness (QED) is 0.849. The third-order valence-corrected chi connectivity index (χ3v) is 5.41. The zero-order valence-electron chi connectivity index (χ0n) is 13.9. The molecule has 0 aromatic rings. The van der Waals surface area contributed by atoms with Crippen LogP contribution in [-0.4, -0.2) is 29.8 Å². The van der Waals surface area contributed by atoms with E-state index in [9.17, 15) is 9.59 Å². The Hall–Kier alpha value is -1.32. The summed E-state index contributed by atoms with van der Waals surface area (Å²) in [7, 11) is 0. The topological polar surface area (TPSA) is 49.4 Å². The number of piperidine rings is 1. The highest BCUT2D eigenvalue weighted by Gasteiger charge is 2.45. The summed E-state index contributed by atoms with van der Waals surface area (Å²) < 4.78 is 0. The normalized spacial score (nSPS) is 28.4. The summed E-state index contributed by atoms with van der Waals surface area (Å²) in [6.45, 7) is 5.43. The van der Waals surface area contributed by atoms with Gasteiger partial charge in [0.2, 0.25) is 11.8 Å². The van der Waals surface area contributed by atoms with E-state index < -0.39 is 0 Å². The summed E-state index contributed by atoms with van der Waals surface area (Å²) >= 11 is 0. The Morgan fingerprint density at radius 1 is 1.41 bits per heavy atom. The third-order valence-electron chi connectivity index (χ3n) is 5.41. The molecule has 1 saturated heterocycles. The van der Waals surface area contributed by atoms with Crippen LogP contribution >= 0.6 is 0 Å². The molecule has 1 heterocycles. The van der Waals surface area contributed by atoms with Gasteiger partial charge in [0.1, 0.15) is 0 Å². The minimum atomic E-state index is -0.00833. The first-order chi connectivity index (χ1) is 10.5. The van der Waals surface area contributed by atoms with Gasteiger partial charge in [-0.25, -0.2) is 0 Å². The summed E-state index contributed by atoms with van der Waals surface area (Å²) in [5.41, 5.74) is 1.21. The molecule has 1 atom stereocenters. The average molecular weight is 304 g/mol. The summed E-state index contributed by atoms with van der Waals surface area (Å²) in [5, 5.41) is 3.13. The highest BCUT2D eigenvalue weighted by molar-refractivity contribution is 5.80. The maximum atomic E-state index is 12.4. The highest BCUT2D eigenvalue weighted by Crippen LogP contribution is 2.47. The van der Waals surface area contributed by atoms with Crippen molar-refractivity contribution in [2.24, 2.45) is 17.3 Å². The Labute approximate surface area is 133 Å². The van der Waals surface area contributed by atoms with E-state index in [2.05, 4.69) is 16.3 Å². The highest BCUT2D eigenvalue weighted by atomic mass is 16.2. The van der Waals surface area contributed by atoms with Gasteiger partial charge in [0.05, 0.1) is 0 Å². The summed E-state index contributed by atoms with van der Waals surface area (Å²) in [5.74, 6) is 1.11. The number of hydrogen-bond donors (Lipinski definition) is 1. The molecule has 122 valence electrons. The fourth-order valence-electron chi connectivity index (χ4n) is 3.78. The molecular formula is C18H28N2O2. The van der Waals surface area contributed by atoms with E-state index in [0.717, 1.165) is 32.2 Å². The van der Waals surface area contributed by atoms with Crippen molar-refractivity contribution in [2.45, 2.75) is 58.8 Å². The Morgan fingerprint density at radius 3 is 2.86 bits per heavy atom. The van der Waals surface area contributed by atoms with Crippen LogP contribution in [0.25, 0.3) is 0 Å². The summed E-state index contributed by atoms with van der Waals surface area (Å²) in [4.78, 5) is 26.4. The number of rotatable bonds is 5. The minimum Gasteiger partial charge on any atom is -0.355 e. The lowest BCUT2D eigenvalue weighted by Crippen LogP contribution is -2.51. The SMILES string of the molecule is CC(C)C(=O)NC[C@@]12CCCC=C1N(CC1CC1)C(=O)CC2. The van der Waals surface area contributed by atoms with Gasteiger partial charge in [-0.3, -0.25) is 9.59 Å². The van der Waals surface area contributed by atoms with Gasteiger partial charge in [-0.15, -0.1) is 0 Å². The second kappa shape index (κ2) is 6.05. The van der Waals surface area contributed by atoms with Gasteiger partial charge in [-0.2, -0.15) is 0 Å². The molecule has 0 bridgehead atoms. The Balaban J connectivity index is 1.77. The number of nitrogens with one attached hydrogen (secondary N) is 1. The maximum absolute atomic E-state index is 12.4. The second-order valence-electron chi connectivity index (χ2n) is 7.58. The number of likely N-dealkylation sites (tertiary alicyclic amines) is 1. The van der Waals surface area contributed by atoms with Crippen LogP contribution in [0.1, 0.15) is 58.8 Å². The van der Waals surface area contributed by atoms with Crippen molar-refractivity contribution in [2.75, 3.05) is 13.1 Å². The molecule has 1 aliphatic heterocycles. The van der Waals surface area contributed by atoms with Gasteiger partial charge in [-0.1, -0.05) is 19.9 Å². The molecule has 2 aliphatic carbocycles. The first kappa shape index (κ1) is 15.6. The van der Waals surface area contributed by atoms with Crippen molar-refractivity contribution in [3.05, 3.63) is 11.8 Å². The molecule has 0 aromatic carbocycles. The fourth-order valence-corrected chi connectivity index (χ4v) is 3.78. The van der Waals surface area contributed by atoms with E-state index in [-0.39, 0.29) is 23.1 Å². The lowest BCUT2D eigenvalue weighted by Gasteiger charge is -2.47. The number of fused-ring (bicyclic) bond motifs is 1. The van der Waals surface area contributed by atoms with E-state index in [0.29, 0.717) is 18.9 Å². The van der Waals surface area contributed by atoms with Gasteiger partial charge in [0.15, 0.2) is 0 Å². The van der Waals surface area contributed by atoms with E-state index in [1.54, 1.807) is 0 Å². The van der Waals surface area contributed by atoms with Crippen molar-refractivity contribution in [3.8, 4) is 0 Å². The maximum Gasteiger partial charge on any atom is 0.226 e. The van der Waals surface area contributed by atoms with E-state index >= 15 is 0 Å². The lowest BCUT2D eigenvalue weighted by atomic mass is 9.69. The fraction of sp³-hybridized carbons (Fsp3) is 0.778. The Kier molecular flexibility index (Phi) is 4.28. The molecule has 4 heteroatoms. The number of hydrogen-bond acceptors (Lipinski definition) is 2. The Bertz CT molecular complexity index is 493. The van der Waals surface area contributed by atoms with Crippen molar-refractivity contribution in [3.63, 3.8) is 0 Å². The first-order valence-corrected chi connectivity index (χ1v) is 8.80. The van der Waals surface area contributed by atoms with E-state index in [4.69, 9.17) is 0 Å². The summed E-state index contributed by atoms with van der Waals surface area (Å²) in [6.07, 6.45) is 9.60. The molecule has 0 aromatic heterocycles. The predicted octanol–water partition coefficient (Wildman–Crippen LogP) is 2.85. The van der Waals surface area contributed by atoms with Crippen molar-refractivity contribution < 1.29 is 9.59 Å². The number of carbonyl (C=O) groups is 2. The van der Waals surface area contributed by atoms with Crippen LogP contribution in [0, 0.1) is 17.3 Å². The molecule has 1 saturated carbocycles. The van der Waals surface area contributed by atoms with Crippen molar-refractivity contribution in [1.29, 1.82) is 0 Å². The molecular weight excluding hydrogens is 276 g/mol. The van der Waals surface area contributed by atoms with Crippen LogP contribution < -0.4 is 5.32 Å². The Morgan fingerprint density at radius 2 is 2.18 bits per heavy atom. The van der Waals surface area contributed by atoms with Gasteiger partial charge in [-0.05, 0) is 44.4 Å². The lowest BCUT2D eigenvalue weighted by molar-refractivity contribution is -0.134. The third kappa shape index (κ3) is 3.06. The first-order valence-electron chi connectivity index (χ1n) is 8.80. The number of carbonyl (C=O) groups excluding carboxylic acids is 2. The number of nitrogens with zero attached hydrogens (tertiary/aromatic N) is 1. The predicted molar refractivity (Wildman–Crippen MR) is 85.9 cm³/mol. The molecule has 3 aliphatic rings. The molecule has 2 fully saturated rings. The van der Waals surface area contributed by atoms with Gasteiger partial charge in [0.25, 0.3) is 0 Å². The van der Waals surface area contributed by atoms with Gasteiger partial charge in [0, 0.05) is 36.5 Å². The second-order valence-corrected chi connectivity index (χ2v) is 7.58. The van der Waals surface area contributed by atoms with Crippen LogP contribution in [0.3, 0.4) is 0 Å². The molecule has 22 heavy (non-hydrogen) atoms.